The minimum Gasteiger partial charge on any atom is -0.388 e. The van der Waals surface area contributed by atoms with E-state index in [9.17, 15) is 5.11 Å². The fourth-order valence-corrected chi connectivity index (χ4v) is 2.52. The van der Waals surface area contributed by atoms with Gasteiger partial charge in [-0.2, -0.15) is 0 Å². The Morgan fingerprint density at radius 2 is 1.47 bits per heavy atom. The first-order valence-corrected chi connectivity index (χ1v) is 7.08. The van der Waals surface area contributed by atoms with Crippen molar-refractivity contribution in [3.05, 3.63) is 71.3 Å². The van der Waals surface area contributed by atoms with Crippen LogP contribution < -0.4 is 0 Å². The Hall–Kier alpha value is -1.60. The van der Waals surface area contributed by atoms with Crippen LogP contribution in [0.4, 0.5) is 0 Å². The summed E-state index contributed by atoms with van der Waals surface area (Å²) in [5, 5.41) is 10.6. The zero-order valence-electron chi connectivity index (χ0n) is 11.7. The first-order chi connectivity index (χ1) is 9.26. The van der Waals surface area contributed by atoms with Crippen LogP contribution in [0.5, 0.6) is 0 Å². The first kappa shape index (κ1) is 13.8. The lowest BCUT2D eigenvalue weighted by Gasteiger charge is -2.22. The lowest BCUT2D eigenvalue weighted by Crippen LogP contribution is -2.10. The van der Waals surface area contributed by atoms with E-state index < -0.39 is 6.10 Å². The molecular formula is C18H22O. The van der Waals surface area contributed by atoms with E-state index in [1.54, 1.807) is 0 Å². The molecular weight excluding hydrogens is 232 g/mol. The van der Waals surface area contributed by atoms with E-state index in [1.807, 2.05) is 18.2 Å². The van der Waals surface area contributed by atoms with Crippen molar-refractivity contribution in [3.8, 4) is 0 Å². The largest absolute Gasteiger partial charge is 0.388 e. The average Bonchev–Trinajstić information content (AvgIpc) is 2.49. The monoisotopic (exact) mass is 254 g/mol. The summed E-state index contributed by atoms with van der Waals surface area (Å²) in [4.78, 5) is 0. The second-order valence-electron chi connectivity index (χ2n) is 4.97. The highest BCUT2D eigenvalue weighted by molar-refractivity contribution is 5.29. The molecule has 0 amide bonds. The Labute approximate surface area is 115 Å². The number of rotatable bonds is 5. The van der Waals surface area contributed by atoms with Crippen molar-refractivity contribution in [2.75, 3.05) is 0 Å². The van der Waals surface area contributed by atoms with E-state index in [-0.39, 0.29) is 5.92 Å². The Kier molecular flexibility index (Phi) is 4.75. The topological polar surface area (TPSA) is 20.2 Å². The molecule has 2 aromatic rings. The minimum absolute atomic E-state index is 0.161. The number of aliphatic hydroxyl groups excluding tert-OH is 1. The van der Waals surface area contributed by atoms with Crippen LogP contribution in [0.25, 0.3) is 0 Å². The quantitative estimate of drug-likeness (QED) is 0.834. The van der Waals surface area contributed by atoms with Crippen LogP contribution in [0.3, 0.4) is 0 Å². The van der Waals surface area contributed by atoms with Crippen molar-refractivity contribution in [1.82, 2.24) is 0 Å². The van der Waals surface area contributed by atoms with Gasteiger partial charge < -0.3 is 5.11 Å². The molecule has 0 saturated heterocycles. The van der Waals surface area contributed by atoms with Gasteiger partial charge >= 0.3 is 0 Å². The van der Waals surface area contributed by atoms with Gasteiger partial charge in [0.2, 0.25) is 0 Å². The maximum Gasteiger partial charge on any atom is 0.0858 e. The summed E-state index contributed by atoms with van der Waals surface area (Å²) in [7, 11) is 0. The zero-order valence-corrected chi connectivity index (χ0v) is 11.7. The number of aliphatic hydroxyl groups is 1. The molecule has 0 aliphatic rings. The zero-order chi connectivity index (χ0) is 13.7. The molecule has 1 heteroatoms. The van der Waals surface area contributed by atoms with Crippen molar-refractivity contribution in [2.45, 2.75) is 38.7 Å². The molecule has 1 N–H and O–H groups in total. The maximum absolute atomic E-state index is 10.6. The Balaban J connectivity index is 2.22. The van der Waals surface area contributed by atoms with Crippen LogP contribution in [-0.2, 0) is 6.42 Å². The van der Waals surface area contributed by atoms with E-state index in [0.717, 1.165) is 18.4 Å². The van der Waals surface area contributed by atoms with Crippen molar-refractivity contribution in [2.24, 2.45) is 0 Å². The minimum atomic E-state index is -0.432. The summed E-state index contributed by atoms with van der Waals surface area (Å²) >= 11 is 0. The number of benzene rings is 2. The molecule has 0 heterocycles. The van der Waals surface area contributed by atoms with Gasteiger partial charge in [-0.05, 0) is 29.5 Å². The average molecular weight is 254 g/mol. The number of hydrogen-bond acceptors (Lipinski definition) is 1. The van der Waals surface area contributed by atoms with E-state index in [4.69, 9.17) is 0 Å². The summed E-state index contributed by atoms with van der Waals surface area (Å²) in [5.74, 6) is 0.161. The van der Waals surface area contributed by atoms with Crippen LogP contribution in [0.1, 0.15) is 49.0 Å². The fraction of sp³-hybridized carbons (Fsp3) is 0.333. The number of hydrogen-bond donors (Lipinski definition) is 1. The standard InChI is InChI=1S/C18H22O/c1-3-14-10-12-16(13-11-14)18(19)17(4-2)15-8-6-5-7-9-15/h5-13,17-19H,3-4H2,1-2H3. The lowest BCUT2D eigenvalue weighted by atomic mass is 9.87. The van der Waals surface area contributed by atoms with Gasteiger partial charge in [-0.3, -0.25) is 0 Å². The third-order valence-corrected chi connectivity index (χ3v) is 3.78. The third-order valence-electron chi connectivity index (χ3n) is 3.78. The molecule has 100 valence electrons. The smallest absolute Gasteiger partial charge is 0.0858 e. The summed E-state index contributed by atoms with van der Waals surface area (Å²) in [6.07, 6.45) is 1.53. The molecule has 0 aliphatic heterocycles. The normalized spacial score (nSPS) is 14.1. The fourth-order valence-electron chi connectivity index (χ4n) is 2.52. The predicted octanol–water partition coefficient (Wildman–Crippen LogP) is 4.48. The van der Waals surface area contributed by atoms with Crippen LogP contribution in [0.15, 0.2) is 54.6 Å². The van der Waals surface area contributed by atoms with Crippen molar-refractivity contribution >= 4 is 0 Å². The molecule has 0 spiro atoms. The van der Waals surface area contributed by atoms with Crippen LogP contribution in [0, 0.1) is 0 Å². The summed E-state index contributed by atoms with van der Waals surface area (Å²) in [5.41, 5.74) is 3.52. The SMILES string of the molecule is CCc1ccc(C(O)C(CC)c2ccccc2)cc1. The molecule has 19 heavy (non-hydrogen) atoms. The van der Waals surface area contributed by atoms with Crippen LogP contribution in [0.2, 0.25) is 0 Å². The number of aryl methyl sites for hydroxylation is 1. The van der Waals surface area contributed by atoms with Crippen molar-refractivity contribution in [3.63, 3.8) is 0 Å². The first-order valence-electron chi connectivity index (χ1n) is 7.08. The highest BCUT2D eigenvalue weighted by Gasteiger charge is 2.20. The van der Waals surface area contributed by atoms with Gasteiger partial charge in [-0.25, -0.2) is 0 Å². The van der Waals surface area contributed by atoms with Gasteiger partial charge in [-0.15, -0.1) is 0 Å². The van der Waals surface area contributed by atoms with Crippen LogP contribution >= 0.6 is 0 Å². The Morgan fingerprint density at radius 3 is 2.00 bits per heavy atom. The second kappa shape index (κ2) is 6.53. The highest BCUT2D eigenvalue weighted by Crippen LogP contribution is 2.33. The van der Waals surface area contributed by atoms with Gasteiger partial charge in [0, 0.05) is 5.92 Å². The van der Waals surface area contributed by atoms with Crippen LogP contribution in [-0.4, -0.2) is 5.11 Å². The maximum atomic E-state index is 10.6. The summed E-state index contributed by atoms with van der Waals surface area (Å²) in [6.45, 7) is 4.27. The third kappa shape index (κ3) is 3.24. The molecule has 2 rings (SSSR count). The molecule has 2 unspecified atom stereocenters. The van der Waals surface area contributed by atoms with E-state index in [1.165, 1.54) is 11.1 Å². The molecule has 0 bridgehead atoms. The van der Waals surface area contributed by atoms with E-state index >= 15 is 0 Å². The summed E-state index contributed by atoms with van der Waals surface area (Å²) < 4.78 is 0. The molecule has 1 nitrogen and oxygen atoms in total. The molecule has 0 aromatic heterocycles. The van der Waals surface area contributed by atoms with Gasteiger partial charge in [0.05, 0.1) is 6.10 Å². The van der Waals surface area contributed by atoms with Gasteiger partial charge in [-0.1, -0.05) is 68.4 Å². The lowest BCUT2D eigenvalue weighted by molar-refractivity contribution is 0.142. The Bertz CT molecular complexity index is 487. The molecule has 0 fully saturated rings. The molecule has 0 saturated carbocycles. The van der Waals surface area contributed by atoms with Gasteiger partial charge in [0.1, 0.15) is 0 Å². The van der Waals surface area contributed by atoms with Gasteiger partial charge in [0.15, 0.2) is 0 Å². The van der Waals surface area contributed by atoms with E-state index in [0.29, 0.717) is 0 Å². The molecule has 0 aliphatic carbocycles. The molecule has 2 atom stereocenters. The Morgan fingerprint density at radius 1 is 0.842 bits per heavy atom. The van der Waals surface area contributed by atoms with Gasteiger partial charge in [0.25, 0.3) is 0 Å². The van der Waals surface area contributed by atoms with E-state index in [2.05, 4.69) is 50.2 Å². The summed E-state index contributed by atoms with van der Waals surface area (Å²) in [6, 6.07) is 18.6. The second-order valence-corrected chi connectivity index (χ2v) is 4.97. The molecule has 0 radical (unpaired) electrons. The van der Waals surface area contributed by atoms with Crippen molar-refractivity contribution in [1.29, 1.82) is 0 Å². The van der Waals surface area contributed by atoms with Crippen molar-refractivity contribution < 1.29 is 5.11 Å². The predicted molar refractivity (Wildman–Crippen MR) is 80.3 cm³/mol. The highest BCUT2D eigenvalue weighted by atomic mass is 16.3. The molecule has 2 aromatic carbocycles.